The van der Waals surface area contributed by atoms with Crippen molar-refractivity contribution in [1.29, 1.82) is 0 Å². The Bertz CT molecular complexity index is 1460. The molecular weight excluding hydrogens is 423 g/mol. The van der Waals surface area contributed by atoms with Crippen LogP contribution in [0, 0.1) is 0 Å². The van der Waals surface area contributed by atoms with Crippen molar-refractivity contribution in [2.45, 2.75) is 0 Å². The Morgan fingerprint density at radius 1 is 0.900 bits per heavy atom. The van der Waals surface area contributed by atoms with E-state index >= 15 is 0 Å². The highest BCUT2D eigenvalue weighted by atomic mass is 35.5. The molecule has 0 atom stereocenters. The van der Waals surface area contributed by atoms with Crippen LogP contribution < -0.4 is 5.43 Å². The Balaban J connectivity index is 1.70. The number of nitrogens with zero attached hydrogens (tertiary/aromatic N) is 6. The first-order valence-electron chi connectivity index (χ1n) is 8.90. The third-order valence-electron chi connectivity index (χ3n) is 4.56. The number of rotatable bonds is 3. The summed E-state index contributed by atoms with van der Waals surface area (Å²) in [5, 5.41) is 10.9. The van der Waals surface area contributed by atoms with Crippen LogP contribution in [0.3, 0.4) is 0 Å². The first kappa shape index (κ1) is 18.5. The Hall–Kier alpha value is -3.55. The molecule has 7 nitrogen and oxygen atoms in total. The van der Waals surface area contributed by atoms with Crippen LogP contribution in [-0.2, 0) is 0 Å². The van der Waals surface area contributed by atoms with Gasteiger partial charge in [0, 0.05) is 35.1 Å². The van der Waals surface area contributed by atoms with Gasteiger partial charge in [-0.3, -0.25) is 14.8 Å². The fourth-order valence-electron chi connectivity index (χ4n) is 3.22. The molecule has 0 aliphatic carbocycles. The highest BCUT2D eigenvalue weighted by molar-refractivity contribution is 6.31. The van der Waals surface area contributed by atoms with Crippen molar-refractivity contribution in [3.05, 3.63) is 93.7 Å². The Labute approximate surface area is 180 Å². The lowest BCUT2D eigenvalue weighted by Crippen LogP contribution is -2.15. The summed E-state index contributed by atoms with van der Waals surface area (Å²) in [6.07, 6.45) is 8.02. The smallest absolute Gasteiger partial charge is 0.209 e. The van der Waals surface area contributed by atoms with Gasteiger partial charge < -0.3 is 0 Å². The molecule has 5 aromatic rings. The van der Waals surface area contributed by atoms with Gasteiger partial charge in [0.2, 0.25) is 5.43 Å². The van der Waals surface area contributed by atoms with E-state index in [1.54, 1.807) is 58.4 Å². The van der Waals surface area contributed by atoms with Crippen molar-refractivity contribution in [3.8, 4) is 22.8 Å². The minimum absolute atomic E-state index is 0.232. The molecule has 0 bridgehead atoms. The van der Waals surface area contributed by atoms with Crippen LogP contribution in [0.25, 0.3) is 33.7 Å². The number of aromatic nitrogens is 6. The van der Waals surface area contributed by atoms with Crippen molar-refractivity contribution in [2.75, 3.05) is 0 Å². The summed E-state index contributed by atoms with van der Waals surface area (Å²) in [5.41, 5.74) is 2.69. The quantitative estimate of drug-likeness (QED) is 0.422. The van der Waals surface area contributed by atoms with Gasteiger partial charge in [0.15, 0.2) is 5.69 Å². The minimum Gasteiger partial charge on any atom is -0.287 e. The van der Waals surface area contributed by atoms with E-state index in [0.29, 0.717) is 21.4 Å². The largest absolute Gasteiger partial charge is 0.287 e. The van der Waals surface area contributed by atoms with Gasteiger partial charge in [0.05, 0.1) is 40.0 Å². The van der Waals surface area contributed by atoms with Gasteiger partial charge >= 0.3 is 0 Å². The van der Waals surface area contributed by atoms with Crippen LogP contribution in [-0.4, -0.2) is 29.5 Å². The lowest BCUT2D eigenvalue weighted by molar-refractivity contribution is 0.820. The zero-order chi connectivity index (χ0) is 20.7. The van der Waals surface area contributed by atoms with Crippen molar-refractivity contribution >= 4 is 34.1 Å². The fourth-order valence-corrected chi connectivity index (χ4v) is 3.55. The number of hydrogen-bond donors (Lipinski definition) is 0. The summed E-state index contributed by atoms with van der Waals surface area (Å²) < 4.78 is 3.22. The van der Waals surface area contributed by atoms with Crippen LogP contribution in [0.4, 0.5) is 0 Å². The van der Waals surface area contributed by atoms with Crippen molar-refractivity contribution < 1.29 is 0 Å². The average Bonchev–Trinajstić information content (AvgIpc) is 3.23. The van der Waals surface area contributed by atoms with Gasteiger partial charge in [-0.05, 0) is 36.4 Å². The maximum Gasteiger partial charge on any atom is 0.209 e. The molecule has 4 heterocycles. The molecule has 0 unspecified atom stereocenters. The molecule has 0 aliphatic heterocycles. The molecular formula is C21H12Cl2N6O. The van der Waals surface area contributed by atoms with Gasteiger partial charge in [0.1, 0.15) is 0 Å². The second-order valence-corrected chi connectivity index (χ2v) is 7.33. The van der Waals surface area contributed by atoms with E-state index in [4.69, 9.17) is 23.2 Å². The van der Waals surface area contributed by atoms with Gasteiger partial charge in [0.25, 0.3) is 0 Å². The molecule has 0 saturated heterocycles. The first-order valence-corrected chi connectivity index (χ1v) is 9.66. The molecule has 0 amide bonds. The molecule has 0 fully saturated rings. The first-order chi connectivity index (χ1) is 14.6. The van der Waals surface area contributed by atoms with Crippen LogP contribution >= 0.6 is 23.2 Å². The molecule has 0 saturated carbocycles. The molecule has 146 valence electrons. The second kappa shape index (κ2) is 7.37. The van der Waals surface area contributed by atoms with Crippen LogP contribution in [0.15, 0.2) is 78.2 Å². The lowest BCUT2D eigenvalue weighted by atomic mass is 10.2. The number of pyridine rings is 2. The van der Waals surface area contributed by atoms with Crippen molar-refractivity contribution in [1.82, 2.24) is 29.5 Å². The number of halogens is 2. The third kappa shape index (κ3) is 3.24. The Morgan fingerprint density at radius 3 is 2.67 bits per heavy atom. The van der Waals surface area contributed by atoms with Crippen LogP contribution in [0.2, 0.25) is 10.0 Å². The number of fused-ring (bicyclic) bond motifs is 1. The molecule has 1 aromatic carbocycles. The van der Waals surface area contributed by atoms with E-state index in [2.05, 4.69) is 20.2 Å². The van der Waals surface area contributed by atoms with E-state index in [1.807, 2.05) is 12.1 Å². The van der Waals surface area contributed by atoms with Crippen molar-refractivity contribution in [2.24, 2.45) is 0 Å². The molecule has 4 aromatic heterocycles. The normalized spacial score (nSPS) is 11.1. The van der Waals surface area contributed by atoms with E-state index in [9.17, 15) is 4.79 Å². The number of hydrogen-bond acceptors (Lipinski definition) is 5. The maximum atomic E-state index is 12.7. The summed E-state index contributed by atoms with van der Waals surface area (Å²) in [6.45, 7) is 0. The summed E-state index contributed by atoms with van der Waals surface area (Å²) >= 11 is 12.1. The molecule has 0 aliphatic rings. The second-order valence-electron chi connectivity index (χ2n) is 6.45. The van der Waals surface area contributed by atoms with Gasteiger partial charge in [-0.1, -0.05) is 23.2 Å². The maximum absolute atomic E-state index is 12.7. The van der Waals surface area contributed by atoms with E-state index in [-0.39, 0.29) is 11.1 Å². The van der Waals surface area contributed by atoms with Gasteiger partial charge in [-0.15, -0.1) is 0 Å². The Morgan fingerprint density at radius 2 is 1.80 bits per heavy atom. The standard InChI is InChI=1S/C21H12Cl2N6O/c22-13-1-2-16-17(10-13)25-6-3-18(16)29-19(4-7-26-29)21-20(30)5-8-28(27-21)15-9-14(23)11-24-12-15/h1-12H. The summed E-state index contributed by atoms with van der Waals surface area (Å²) in [7, 11) is 0. The lowest BCUT2D eigenvalue weighted by Gasteiger charge is -2.11. The highest BCUT2D eigenvalue weighted by Gasteiger charge is 2.16. The van der Waals surface area contributed by atoms with E-state index in [0.717, 1.165) is 16.6 Å². The molecule has 9 heteroatoms. The van der Waals surface area contributed by atoms with E-state index < -0.39 is 0 Å². The average molecular weight is 435 g/mol. The molecule has 0 spiro atoms. The fraction of sp³-hybridized carbons (Fsp3) is 0. The SMILES string of the molecule is O=c1ccn(-c2cncc(Cl)c2)nc1-c1ccnn1-c1ccnc2cc(Cl)ccc12. The van der Waals surface area contributed by atoms with Crippen LogP contribution in [0.5, 0.6) is 0 Å². The summed E-state index contributed by atoms with van der Waals surface area (Å²) in [6, 6.07) is 12.2. The molecule has 5 rings (SSSR count). The predicted molar refractivity (Wildman–Crippen MR) is 116 cm³/mol. The highest BCUT2D eigenvalue weighted by Crippen LogP contribution is 2.26. The van der Waals surface area contributed by atoms with Gasteiger partial charge in [-0.25, -0.2) is 9.36 Å². The monoisotopic (exact) mass is 434 g/mol. The minimum atomic E-state index is -0.232. The summed E-state index contributed by atoms with van der Waals surface area (Å²) in [5.74, 6) is 0. The van der Waals surface area contributed by atoms with E-state index in [1.165, 1.54) is 12.3 Å². The molecule has 30 heavy (non-hydrogen) atoms. The molecule has 0 radical (unpaired) electrons. The molecule has 0 N–H and O–H groups in total. The summed E-state index contributed by atoms with van der Waals surface area (Å²) in [4.78, 5) is 21.1. The topological polar surface area (TPSA) is 78.5 Å². The Kier molecular flexibility index (Phi) is 4.54. The van der Waals surface area contributed by atoms with Crippen LogP contribution in [0.1, 0.15) is 0 Å². The third-order valence-corrected chi connectivity index (χ3v) is 5.00. The predicted octanol–water partition coefficient (Wildman–Crippen LogP) is 4.34. The zero-order valence-electron chi connectivity index (χ0n) is 15.3. The van der Waals surface area contributed by atoms with Crippen molar-refractivity contribution in [3.63, 3.8) is 0 Å². The zero-order valence-corrected chi connectivity index (χ0v) is 16.8. The van der Waals surface area contributed by atoms with Gasteiger partial charge in [-0.2, -0.15) is 10.2 Å². The number of benzene rings is 1.